The van der Waals surface area contributed by atoms with Gasteiger partial charge in [0.15, 0.2) is 11.6 Å². The lowest BCUT2D eigenvalue weighted by Gasteiger charge is -2.27. The van der Waals surface area contributed by atoms with E-state index in [2.05, 4.69) is 25.4 Å². The van der Waals surface area contributed by atoms with Crippen LogP contribution in [-0.2, 0) is 16.1 Å². The van der Waals surface area contributed by atoms with E-state index in [9.17, 15) is 14.4 Å². The summed E-state index contributed by atoms with van der Waals surface area (Å²) in [6.07, 6.45) is 4.41. The molecular formula is C30H25ClFN7O3. The number of H-pyrrole nitrogens is 1. The third-order valence-electron chi connectivity index (χ3n) is 8.16. The summed E-state index contributed by atoms with van der Waals surface area (Å²) >= 11 is 6.54. The Balaban J connectivity index is 1.14. The van der Waals surface area contributed by atoms with E-state index < -0.39 is 17.8 Å². The van der Waals surface area contributed by atoms with Crippen molar-refractivity contribution >= 4 is 56.8 Å². The fourth-order valence-corrected chi connectivity index (χ4v) is 6.37. The van der Waals surface area contributed by atoms with Crippen LogP contribution in [0.4, 0.5) is 10.1 Å². The highest BCUT2D eigenvalue weighted by atomic mass is 35.5. The topological polar surface area (TPSA) is 126 Å². The number of rotatable bonds is 6. The number of nitrogens with one attached hydrogen (secondary N) is 2. The highest BCUT2D eigenvalue weighted by Crippen LogP contribution is 2.48. The van der Waals surface area contributed by atoms with E-state index in [0.29, 0.717) is 33.4 Å². The predicted octanol–water partition coefficient (Wildman–Crippen LogP) is 4.91. The maximum atomic E-state index is 15.8. The van der Waals surface area contributed by atoms with Gasteiger partial charge >= 0.3 is 0 Å². The summed E-state index contributed by atoms with van der Waals surface area (Å²) in [6, 6.07) is 9.12. The number of Topliss-reactive ketones (excluding diaryl/α,β-unsaturated/α-hetero) is 1. The molecule has 1 unspecified atom stereocenters. The molecule has 1 aliphatic heterocycles. The molecule has 10 nitrogen and oxygen atoms in total. The van der Waals surface area contributed by atoms with Gasteiger partial charge in [-0.25, -0.2) is 9.37 Å². The Bertz CT molecular complexity index is 1950. The maximum Gasteiger partial charge on any atom is 0.247 e. The molecule has 1 saturated carbocycles. The molecule has 2 N–H and O–H groups in total. The number of benzene rings is 2. The Morgan fingerprint density at radius 1 is 1.14 bits per heavy atom. The molecule has 2 aromatic carbocycles. The summed E-state index contributed by atoms with van der Waals surface area (Å²) in [5.41, 5.74) is 3.48. The molecule has 2 amide bonds. The van der Waals surface area contributed by atoms with Gasteiger partial charge in [-0.3, -0.25) is 24.0 Å². The standard InChI is InChI=1S/C30H25ClFN7O3/c1-14-8-19-24(11-33-14)38(37-28(19)15(2)40)12-25(41)39-22-9-16(22)10-23(39)30(42)36-20-5-3-4-18(27(20)32)17-6-7-21-29(26(17)31)35-13-34-21/h3-8,11,13,16,22-23H,9-10,12H2,1-2H3,(H,34,35)(H,36,42)/t16-,22?,23+/m1/s1. The van der Waals surface area contributed by atoms with Crippen molar-refractivity contribution in [3.63, 3.8) is 0 Å². The molecule has 12 heteroatoms. The normalized spacial score (nSPS) is 19.3. The highest BCUT2D eigenvalue weighted by Gasteiger charge is 2.56. The van der Waals surface area contributed by atoms with Crippen LogP contribution in [0, 0.1) is 18.7 Å². The van der Waals surface area contributed by atoms with E-state index in [0.717, 1.165) is 17.6 Å². The van der Waals surface area contributed by atoms with Gasteiger partial charge in [0.25, 0.3) is 0 Å². The van der Waals surface area contributed by atoms with Crippen LogP contribution >= 0.6 is 11.6 Å². The molecule has 7 rings (SSSR count). The molecule has 0 spiro atoms. The summed E-state index contributed by atoms with van der Waals surface area (Å²) < 4.78 is 17.2. The van der Waals surface area contributed by atoms with Gasteiger partial charge in [0.05, 0.1) is 34.3 Å². The molecule has 2 aliphatic rings. The first-order chi connectivity index (χ1) is 20.2. The number of nitrogens with zero attached hydrogens (tertiary/aromatic N) is 5. The molecule has 212 valence electrons. The van der Waals surface area contributed by atoms with Crippen LogP contribution in [0.25, 0.3) is 33.1 Å². The van der Waals surface area contributed by atoms with E-state index >= 15 is 4.39 Å². The van der Waals surface area contributed by atoms with Gasteiger partial charge in [-0.05, 0) is 43.9 Å². The number of carbonyl (C=O) groups is 3. The summed E-state index contributed by atoms with van der Waals surface area (Å²) in [7, 11) is 0. The number of aromatic amines is 1. The number of hydrogen-bond donors (Lipinski definition) is 2. The number of piperidine rings is 1. The van der Waals surface area contributed by atoms with Crippen LogP contribution in [0.3, 0.4) is 0 Å². The van der Waals surface area contributed by atoms with E-state index in [1.807, 2.05) is 6.92 Å². The lowest BCUT2D eigenvalue weighted by molar-refractivity contribution is -0.138. The van der Waals surface area contributed by atoms with E-state index in [4.69, 9.17) is 11.6 Å². The molecule has 4 heterocycles. The number of hydrogen-bond acceptors (Lipinski definition) is 6. The highest BCUT2D eigenvalue weighted by molar-refractivity contribution is 6.37. The third-order valence-corrected chi connectivity index (χ3v) is 8.55. The molecule has 42 heavy (non-hydrogen) atoms. The number of aromatic nitrogens is 5. The Morgan fingerprint density at radius 2 is 1.98 bits per heavy atom. The van der Waals surface area contributed by atoms with Crippen LogP contribution in [0.15, 0.2) is 48.9 Å². The Kier molecular flexibility index (Phi) is 6.09. The third kappa shape index (κ3) is 4.23. The smallest absolute Gasteiger partial charge is 0.247 e. The fraction of sp³-hybridized carbons (Fsp3) is 0.267. The minimum absolute atomic E-state index is 0.00530. The predicted molar refractivity (Wildman–Crippen MR) is 155 cm³/mol. The molecule has 1 saturated heterocycles. The second kappa shape index (κ2) is 9.73. The van der Waals surface area contributed by atoms with E-state index in [1.54, 1.807) is 41.4 Å². The van der Waals surface area contributed by atoms with Crippen LogP contribution in [0.2, 0.25) is 5.02 Å². The monoisotopic (exact) mass is 585 g/mol. The molecule has 2 fully saturated rings. The van der Waals surface area contributed by atoms with Crippen LogP contribution < -0.4 is 5.32 Å². The van der Waals surface area contributed by atoms with Gasteiger partial charge < -0.3 is 15.2 Å². The van der Waals surface area contributed by atoms with Crippen molar-refractivity contribution in [1.29, 1.82) is 0 Å². The first kappa shape index (κ1) is 26.3. The molecule has 5 aromatic rings. The van der Waals surface area contributed by atoms with Gasteiger partial charge in [0, 0.05) is 35.2 Å². The van der Waals surface area contributed by atoms with Crippen molar-refractivity contribution in [1.82, 2.24) is 29.6 Å². The molecular weight excluding hydrogens is 561 g/mol. The van der Waals surface area contributed by atoms with Crippen LogP contribution in [0.5, 0.6) is 0 Å². The molecule has 3 atom stereocenters. The molecule has 1 aliphatic carbocycles. The van der Waals surface area contributed by atoms with Gasteiger partial charge in [-0.1, -0.05) is 29.8 Å². The van der Waals surface area contributed by atoms with Crippen LogP contribution in [0.1, 0.15) is 35.9 Å². The Labute approximate surface area is 243 Å². The number of fused-ring (bicyclic) bond motifs is 3. The number of aryl methyl sites for hydroxylation is 1. The summed E-state index contributed by atoms with van der Waals surface area (Å²) in [5, 5.41) is 8.04. The summed E-state index contributed by atoms with van der Waals surface area (Å²) in [4.78, 5) is 52.4. The average molecular weight is 586 g/mol. The second-order valence-electron chi connectivity index (χ2n) is 10.9. The lowest BCUT2D eigenvalue weighted by atomic mass is 10.0. The number of likely N-dealkylation sites (tertiary alicyclic amines) is 1. The number of amides is 2. The van der Waals surface area contributed by atoms with Gasteiger partial charge in [-0.2, -0.15) is 5.10 Å². The zero-order valence-electron chi connectivity index (χ0n) is 22.7. The first-order valence-corrected chi connectivity index (χ1v) is 14.0. The largest absolute Gasteiger partial charge is 0.345 e. The quantitative estimate of drug-likeness (QED) is 0.273. The first-order valence-electron chi connectivity index (χ1n) is 13.6. The van der Waals surface area contributed by atoms with Gasteiger partial charge in [0.2, 0.25) is 11.8 Å². The number of ketones is 1. The minimum atomic E-state index is -0.761. The summed E-state index contributed by atoms with van der Waals surface area (Å²) in [6.45, 7) is 3.09. The number of halogens is 2. The Morgan fingerprint density at radius 3 is 2.79 bits per heavy atom. The molecule has 0 radical (unpaired) electrons. The van der Waals surface area contributed by atoms with Crippen molar-refractivity contribution in [2.24, 2.45) is 5.92 Å². The number of carbonyl (C=O) groups excluding carboxylic acids is 3. The minimum Gasteiger partial charge on any atom is -0.345 e. The number of pyridine rings is 1. The zero-order chi connectivity index (χ0) is 29.3. The van der Waals surface area contributed by atoms with Crippen LogP contribution in [-0.4, -0.2) is 59.3 Å². The second-order valence-corrected chi connectivity index (χ2v) is 11.3. The van der Waals surface area contributed by atoms with E-state index in [1.165, 1.54) is 24.0 Å². The Hall–Kier alpha value is -4.64. The van der Waals surface area contributed by atoms with Crippen molar-refractivity contribution in [3.8, 4) is 11.1 Å². The van der Waals surface area contributed by atoms with Crippen molar-refractivity contribution in [3.05, 3.63) is 71.2 Å². The zero-order valence-corrected chi connectivity index (χ0v) is 23.4. The number of anilines is 1. The molecule has 3 aromatic heterocycles. The van der Waals surface area contributed by atoms with Crippen molar-refractivity contribution < 1.29 is 18.8 Å². The van der Waals surface area contributed by atoms with E-state index in [-0.39, 0.29) is 47.1 Å². The summed E-state index contributed by atoms with van der Waals surface area (Å²) in [5.74, 6) is -1.40. The van der Waals surface area contributed by atoms with Gasteiger partial charge in [-0.15, -0.1) is 0 Å². The average Bonchev–Trinajstić information content (AvgIpc) is 3.28. The number of imidazole rings is 1. The maximum absolute atomic E-state index is 15.8. The van der Waals surface area contributed by atoms with Crippen molar-refractivity contribution in [2.45, 2.75) is 45.3 Å². The molecule has 0 bridgehead atoms. The lowest BCUT2D eigenvalue weighted by Crippen LogP contribution is -2.46. The van der Waals surface area contributed by atoms with Crippen molar-refractivity contribution in [2.75, 3.05) is 5.32 Å². The van der Waals surface area contributed by atoms with Gasteiger partial charge in [0.1, 0.15) is 23.8 Å². The SMILES string of the molecule is CC(=O)c1nn(CC(=O)N2C3C[C@@H]3C[C@H]2C(=O)Nc2cccc(-c3ccc4[nH]cnc4c3Cl)c2F)c2cnc(C)cc12. The fourth-order valence-electron chi connectivity index (χ4n) is 6.05.